The van der Waals surface area contributed by atoms with Crippen LogP contribution in [0.25, 0.3) is 0 Å². The van der Waals surface area contributed by atoms with Crippen LogP contribution in [0, 0.1) is 0 Å². The minimum atomic E-state index is -0.678. The first-order valence-electron chi connectivity index (χ1n) is 7.60. The van der Waals surface area contributed by atoms with Crippen LogP contribution in [0.2, 0.25) is 0 Å². The molecule has 2 aliphatic heterocycles. The largest absolute Gasteiger partial charge is 0.463 e. The molecule has 25 heavy (non-hydrogen) atoms. The quantitative estimate of drug-likeness (QED) is 0.352. The molecule has 0 saturated carbocycles. The van der Waals surface area contributed by atoms with E-state index in [-0.39, 0.29) is 16.7 Å². The van der Waals surface area contributed by atoms with Gasteiger partial charge in [-0.1, -0.05) is 0 Å². The molecule has 2 heterocycles. The molecule has 0 atom stereocenters. The summed E-state index contributed by atoms with van der Waals surface area (Å²) in [6.45, 7) is 8.94. The molecular weight excluding hydrogens is 346 g/mol. The van der Waals surface area contributed by atoms with Gasteiger partial charge >= 0.3 is 11.9 Å². The van der Waals surface area contributed by atoms with E-state index in [4.69, 9.17) is 9.47 Å². The van der Waals surface area contributed by atoms with Gasteiger partial charge in [0.05, 0.1) is 22.8 Å². The number of ether oxygens (including phenoxy) is 2. The zero-order valence-electron chi connectivity index (χ0n) is 14.6. The molecule has 1 fully saturated rings. The standard InChI is InChI=1S/C16H19N3O5S/c1-6-23-11(20)7-10-13(21)17-15(25-10)19-18-9(3)12-8(2)16(4,5)24-14(12)22/h7H,6H2,1-5H3,(H,17,19,21). The minimum Gasteiger partial charge on any atom is -0.463 e. The van der Waals surface area contributed by atoms with Crippen LogP contribution in [-0.4, -0.2) is 40.9 Å². The van der Waals surface area contributed by atoms with E-state index in [2.05, 4.69) is 15.5 Å². The Kier molecular flexibility index (Phi) is 5.46. The van der Waals surface area contributed by atoms with Gasteiger partial charge in [0.1, 0.15) is 5.60 Å². The van der Waals surface area contributed by atoms with E-state index in [0.29, 0.717) is 11.3 Å². The topological polar surface area (TPSA) is 106 Å². The van der Waals surface area contributed by atoms with E-state index in [1.54, 1.807) is 34.6 Å². The molecule has 0 aromatic rings. The predicted molar refractivity (Wildman–Crippen MR) is 93.9 cm³/mol. The lowest BCUT2D eigenvalue weighted by atomic mass is 9.96. The molecule has 0 aliphatic carbocycles. The van der Waals surface area contributed by atoms with Crippen molar-refractivity contribution in [3.63, 3.8) is 0 Å². The van der Waals surface area contributed by atoms with Crippen LogP contribution in [0.4, 0.5) is 0 Å². The van der Waals surface area contributed by atoms with Crippen molar-refractivity contribution in [2.24, 2.45) is 10.2 Å². The Morgan fingerprint density at radius 2 is 2.08 bits per heavy atom. The molecule has 9 heteroatoms. The van der Waals surface area contributed by atoms with Gasteiger partial charge in [-0.25, -0.2) is 9.59 Å². The number of esters is 2. The highest BCUT2D eigenvalue weighted by molar-refractivity contribution is 8.18. The van der Waals surface area contributed by atoms with E-state index < -0.39 is 23.4 Å². The Morgan fingerprint density at radius 1 is 1.40 bits per heavy atom. The molecular formula is C16H19N3O5S. The molecule has 134 valence electrons. The van der Waals surface area contributed by atoms with Crippen molar-refractivity contribution in [1.29, 1.82) is 0 Å². The van der Waals surface area contributed by atoms with Crippen molar-refractivity contribution in [3.8, 4) is 0 Å². The van der Waals surface area contributed by atoms with Crippen LogP contribution in [-0.2, 0) is 23.9 Å². The molecule has 1 saturated heterocycles. The first kappa shape index (κ1) is 18.9. The number of nitrogens with zero attached hydrogens (tertiary/aromatic N) is 2. The second-order valence-corrected chi connectivity index (χ2v) is 6.84. The van der Waals surface area contributed by atoms with Gasteiger partial charge in [0.2, 0.25) is 0 Å². The predicted octanol–water partition coefficient (Wildman–Crippen LogP) is 1.68. The highest BCUT2D eigenvalue weighted by Crippen LogP contribution is 2.32. The van der Waals surface area contributed by atoms with Crippen molar-refractivity contribution in [2.75, 3.05) is 6.61 Å². The van der Waals surface area contributed by atoms with Crippen molar-refractivity contribution < 1.29 is 23.9 Å². The zero-order valence-corrected chi connectivity index (χ0v) is 15.4. The third-order valence-corrected chi connectivity index (χ3v) is 4.57. The van der Waals surface area contributed by atoms with Crippen LogP contribution < -0.4 is 5.32 Å². The Bertz CT molecular complexity index is 762. The maximum absolute atomic E-state index is 12.0. The smallest absolute Gasteiger partial charge is 0.341 e. The summed E-state index contributed by atoms with van der Waals surface area (Å²) in [7, 11) is 0. The molecule has 8 nitrogen and oxygen atoms in total. The third-order valence-electron chi connectivity index (χ3n) is 3.67. The molecule has 0 unspecified atom stereocenters. The Morgan fingerprint density at radius 3 is 2.64 bits per heavy atom. The van der Waals surface area contributed by atoms with Crippen LogP contribution in [0.15, 0.2) is 32.3 Å². The lowest BCUT2D eigenvalue weighted by Gasteiger charge is -2.18. The number of hydrogen-bond acceptors (Lipinski definition) is 8. The van der Waals surface area contributed by atoms with E-state index in [0.717, 1.165) is 23.4 Å². The highest BCUT2D eigenvalue weighted by Gasteiger charge is 2.38. The van der Waals surface area contributed by atoms with Crippen LogP contribution in [0.3, 0.4) is 0 Å². The zero-order chi connectivity index (χ0) is 18.8. The number of hydrogen-bond donors (Lipinski definition) is 1. The van der Waals surface area contributed by atoms with Gasteiger partial charge in [-0.05, 0) is 52.0 Å². The summed E-state index contributed by atoms with van der Waals surface area (Å²) in [5.41, 5.74) is 0.858. The summed E-state index contributed by atoms with van der Waals surface area (Å²) in [4.78, 5) is 35.3. The number of thioether (sulfide) groups is 1. The molecule has 2 aliphatic rings. The van der Waals surface area contributed by atoms with Crippen molar-refractivity contribution in [3.05, 3.63) is 22.1 Å². The minimum absolute atomic E-state index is 0.168. The number of rotatable bonds is 4. The molecule has 1 N–H and O–H groups in total. The molecule has 2 rings (SSSR count). The summed E-state index contributed by atoms with van der Waals surface area (Å²) in [6, 6.07) is 0. The number of carbonyl (C=O) groups is 3. The average Bonchev–Trinajstić information content (AvgIpc) is 2.94. The van der Waals surface area contributed by atoms with Gasteiger partial charge in [0.25, 0.3) is 5.91 Å². The fourth-order valence-electron chi connectivity index (χ4n) is 2.17. The summed E-state index contributed by atoms with van der Waals surface area (Å²) in [6.07, 6.45) is 1.10. The third kappa shape index (κ3) is 4.16. The number of amides is 1. The second-order valence-electron chi connectivity index (χ2n) is 5.81. The van der Waals surface area contributed by atoms with Crippen molar-refractivity contribution in [2.45, 2.75) is 40.2 Å². The number of amidine groups is 1. The fourth-order valence-corrected chi connectivity index (χ4v) is 2.90. The lowest BCUT2D eigenvalue weighted by Crippen LogP contribution is -2.21. The lowest BCUT2D eigenvalue weighted by molar-refractivity contribution is -0.144. The first-order valence-corrected chi connectivity index (χ1v) is 8.42. The van der Waals surface area contributed by atoms with Gasteiger partial charge in [-0.15, -0.1) is 5.10 Å². The first-order chi connectivity index (χ1) is 11.7. The van der Waals surface area contributed by atoms with Gasteiger partial charge in [-0.3, -0.25) is 10.1 Å². The number of carbonyl (C=O) groups excluding carboxylic acids is 3. The van der Waals surface area contributed by atoms with Gasteiger partial charge in [-0.2, -0.15) is 5.10 Å². The summed E-state index contributed by atoms with van der Waals surface area (Å²) in [5, 5.41) is 10.7. The Balaban J connectivity index is 2.18. The summed E-state index contributed by atoms with van der Waals surface area (Å²) < 4.78 is 10.1. The normalized spacial score (nSPS) is 23.3. The molecule has 1 amide bonds. The maximum atomic E-state index is 12.0. The Hall–Kier alpha value is -2.42. The van der Waals surface area contributed by atoms with E-state index >= 15 is 0 Å². The van der Waals surface area contributed by atoms with Crippen molar-refractivity contribution >= 4 is 40.5 Å². The fraction of sp³-hybridized carbons (Fsp3) is 0.438. The average molecular weight is 365 g/mol. The van der Waals surface area contributed by atoms with E-state index in [9.17, 15) is 14.4 Å². The molecule has 0 spiro atoms. The number of cyclic esters (lactones) is 1. The molecule has 0 aromatic carbocycles. The number of nitrogens with one attached hydrogen (secondary N) is 1. The summed E-state index contributed by atoms with van der Waals surface area (Å²) >= 11 is 0.969. The molecule has 0 aromatic heterocycles. The van der Waals surface area contributed by atoms with Crippen LogP contribution in [0.5, 0.6) is 0 Å². The monoisotopic (exact) mass is 365 g/mol. The SMILES string of the molecule is CCOC(=O)C=C1SC(=NN=C(C)C2=C(C)C(C)(C)OC2=O)NC1=O. The molecule has 0 radical (unpaired) electrons. The van der Waals surface area contributed by atoms with Crippen LogP contribution >= 0.6 is 11.8 Å². The second kappa shape index (κ2) is 7.22. The van der Waals surface area contributed by atoms with E-state index in [1.165, 1.54) is 0 Å². The van der Waals surface area contributed by atoms with Gasteiger partial charge < -0.3 is 9.47 Å². The maximum Gasteiger partial charge on any atom is 0.341 e. The summed E-state index contributed by atoms with van der Waals surface area (Å²) in [5.74, 6) is -1.51. The van der Waals surface area contributed by atoms with Crippen LogP contribution in [0.1, 0.15) is 34.6 Å². The van der Waals surface area contributed by atoms with E-state index in [1.807, 2.05) is 0 Å². The molecule has 0 bridgehead atoms. The van der Waals surface area contributed by atoms with Gasteiger partial charge in [0, 0.05) is 6.08 Å². The Labute approximate surface area is 149 Å². The highest BCUT2D eigenvalue weighted by atomic mass is 32.2. The van der Waals surface area contributed by atoms with Crippen molar-refractivity contribution in [1.82, 2.24) is 5.32 Å². The van der Waals surface area contributed by atoms with Gasteiger partial charge in [0.15, 0.2) is 5.17 Å².